The van der Waals surface area contributed by atoms with E-state index in [4.69, 9.17) is 4.74 Å². The van der Waals surface area contributed by atoms with E-state index >= 15 is 0 Å². The van der Waals surface area contributed by atoms with Gasteiger partial charge < -0.3 is 14.6 Å². The summed E-state index contributed by atoms with van der Waals surface area (Å²) in [7, 11) is 3.59. The van der Waals surface area contributed by atoms with Gasteiger partial charge in [0.05, 0.1) is 13.0 Å². The summed E-state index contributed by atoms with van der Waals surface area (Å²) >= 11 is 0. The van der Waals surface area contributed by atoms with Crippen molar-refractivity contribution in [3.63, 3.8) is 0 Å². The van der Waals surface area contributed by atoms with Gasteiger partial charge in [0.15, 0.2) is 0 Å². The van der Waals surface area contributed by atoms with E-state index < -0.39 is 0 Å². The fourth-order valence-corrected chi connectivity index (χ4v) is 5.21. The molecule has 0 amide bonds. The van der Waals surface area contributed by atoms with E-state index in [0.717, 1.165) is 25.1 Å². The minimum Gasteiger partial charge on any atom is -0.469 e. The van der Waals surface area contributed by atoms with E-state index in [2.05, 4.69) is 48.1 Å². The molecule has 2 aromatic rings. The Labute approximate surface area is 155 Å². The number of benzene rings is 1. The monoisotopic (exact) mass is 362 g/mol. The van der Waals surface area contributed by atoms with Crippen LogP contribution in [0.4, 0.5) is 0 Å². The number of nitrogens with zero attached hydrogens (tertiary/aromatic N) is 1. The Kier molecular flexibility index (Phi) is 4.86. The van der Waals surface area contributed by atoms with Crippen molar-refractivity contribution in [1.29, 1.82) is 0 Å². The van der Waals surface area contributed by atoms with Crippen LogP contribution in [0.25, 0.3) is 10.9 Å². The Hall–Kier alpha value is -1.52. The smallest absolute Gasteiger partial charge is 0.314 e. The first-order valence-electron chi connectivity index (χ1n) is 9.01. The van der Waals surface area contributed by atoms with Gasteiger partial charge in [0.2, 0.25) is 0 Å². The summed E-state index contributed by atoms with van der Waals surface area (Å²) in [5, 5.41) is 5.07. The van der Waals surface area contributed by atoms with Crippen molar-refractivity contribution in [3.05, 3.63) is 35.5 Å². The Bertz CT molecular complexity index is 800. The standard InChI is InChI=1S/C20H26N2O2.ClH/c1-4-20-10-7-11-21-18(20)16-13-8-5-6-9-15(13)22(2)17(16)14(12-20)19(23)24-3;/h5-6,8-9,14,18,21H,4,7,10-12H2,1-3H3;1H. The maximum absolute atomic E-state index is 12.6. The average molecular weight is 363 g/mol. The van der Waals surface area contributed by atoms with Crippen LogP contribution in [0.2, 0.25) is 0 Å². The molecule has 5 heteroatoms. The zero-order valence-corrected chi connectivity index (χ0v) is 16.0. The van der Waals surface area contributed by atoms with E-state index in [9.17, 15) is 4.79 Å². The number of aromatic nitrogens is 1. The van der Waals surface area contributed by atoms with Crippen LogP contribution in [0.15, 0.2) is 24.3 Å². The van der Waals surface area contributed by atoms with Gasteiger partial charge in [0.1, 0.15) is 0 Å². The maximum atomic E-state index is 12.6. The largest absolute Gasteiger partial charge is 0.469 e. The highest BCUT2D eigenvalue weighted by atomic mass is 35.5. The number of aryl methyl sites for hydroxylation is 1. The van der Waals surface area contributed by atoms with Crippen molar-refractivity contribution in [1.82, 2.24) is 9.88 Å². The molecule has 1 aliphatic carbocycles. The lowest BCUT2D eigenvalue weighted by Gasteiger charge is -2.49. The van der Waals surface area contributed by atoms with E-state index in [-0.39, 0.29) is 29.7 Å². The second kappa shape index (κ2) is 6.65. The lowest BCUT2D eigenvalue weighted by molar-refractivity contribution is -0.144. The van der Waals surface area contributed by atoms with E-state index in [0.29, 0.717) is 6.04 Å². The van der Waals surface area contributed by atoms with Crippen LogP contribution in [0.1, 0.15) is 55.8 Å². The fraction of sp³-hybridized carbons (Fsp3) is 0.550. The first kappa shape index (κ1) is 18.3. The number of hydrogen-bond donors (Lipinski definition) is 1. The number of halogens is 1. The Morgan fingerprint density at radius 3 is 2.88 bits per heavy atom. The Morgan fingerprint density at radius 1 is 1.40 bits per heavy atom. The molecule has 0 bridgehead atoms. The van der Waals surface area contributed by atoms with Crippen LogP contribution in [-0.4, -0.2) is 24.2 Å². The predicted octanol–water partition coefficient (Wildman–Crippen LogP) is 4.08. The topological polar surface area (TPSA) is 43.3 Å². The van der Waals surface area contributed by atoms with Crippen molar-refractivity contribution in [2.45, 2.75) is 44.6 Å². The molecule has 1 N–H and O–H groups in total. The molecule has 0 saturated carbocycles. The van der Waals surface area contributed by atoms with Gasteiger partial charge in [-0.25, -0.2) is 0 Å². The second-order valence-corrected chi connectivity index (χ2v) is 7.36. The van der Waals surface area contributed by atoms with Gasteiger partial charge in [0.25, 0.3) is 0 Å². The number of hydrogen-bond acceptors (Lipinski definition) is 3. The molecule has 1 aromatic heterocycles. The number of carbonyl (C=O) groups excluding carboxylic acids is 1. The molecule has 0 spiro atoms. The van der Waals surface area contributed by atoms with Gasteiger partial charge in [-0.3, -0.25) is 4.79 Å². The van der Waals surface area contributed by atoms with Crippen molar-refractivity contribution in [3.8, 4) is 0 Å². The summed E-state index contributed by atoms with van der Waals surface area (Å²) in [5.74, 6) is -0.266. The van der Waals surface area contributed by atoms with E-state index in [1.165, 1.54) is 36.4 Å². The molecule has 25 heavy (non-hydrogen) atoms. The molecule has 2 aliphatic rings. The fourth-order valence-electron chi connectivity index (χ4n) is 5.21. The number of piperidine rings is 1. The van der Waals surface area contributed by atoms with Gasteiger partial charge in [-0.2, -0.15) is 0 Å². The minimum atomic E-state index is -0.168. The quantitative estimate of drug-likeness (QED) is 0.818. The maximum Gasteiger partial charge on any atom is 0.314 e. The summed E-state index contributed by atoms with van der Waals surface area (Å²) in [4.78, 5) is 12.6. The van der Waals surface area contributed by atoms with Crippen molar-refractivity contribution >= 4 is 29.3 Å². The molecule has 1 saturated heterocycles. The summed E-state index contributed by atoms with van der Waals surface area (Å²) in [6.07, 6.45) is 4.32. The molecule has 1 fully saturated rings. The molecular weight excluding hydrogens is 336 g/mol. The third-order valence-corrected chi connectivity index (χ3v) is 6.42. The molecule has 1 aliphatic heterocycles. The predicted molar refractivity (Wildman–Crippen MR) is 102 cm³/mol. The van der Waals surface area contributed by atoms with E-state index in [1.807, 2.05) is 0 Å². The molecular formula is C20H27ClN2O2. The van der Waals surface area contributed by atoms with Gasteiger partial charge in [-0.15, -0.1) is 12.4 Å². The highest BCUT2D eigenvalue weighted by Gasteiger charge is 2.50. The summed E-state index contributed by atoms with van der Waals surface area (Å²) in [5.41, 5.74) is 3.83. The summed E-state index contributed by atoms with van der Waals surface area (Å²) in [6.45, 7) is 3.32. The highest BCUT2D eigenvalue weighted by molar-refractivity contribution is 5.90. The van der Waals surface area contributed by atoms with Crippen LogP contribution in [-0.2, 0) is 16.6 Å². The minimum absolute atomic E-state index is 0. The third-order valence-electron chi connectivity index (χ3n) is 6.42. The van der Waals surface area contributed by atoms with Crippen molar-refractivity contribution in [2.75, 3.05) is 13.7 Å². The number of rotatable bonds is 2. The molecule has 136 valence electrons. The molecule has 3 unspecified atom stereocenters. The molecule has 0 radical (unpaired) electrons. The number of ether oxygens (including phenoxy) is 1. The molecule has 1 aromatic carbocycles. The van der Waals surface area contributed by atoms with Crippen molar-refractivity contribution in [2.24, 2.45) is 12.5 Å². The van der Waals surface area contributed by atoms with Crippen LogP contribution in [0.3, 0.4) is 0 Å². The summed E-state index contributed by atoms with van der Waals surface area (Å²) in [6, 6.07) is 8.85. The summed E-state index contributed by atoms with van der Waals surface area (Å²) < 4.78 is 7.40. The normalized spacial score (nSPS) is 28.0. The number of para-hydroxylation sites is 1. The number of nitrogens with one attached hydrogen (secondary N) is 1. The lowest BCUT2D eigenvalue weighted by Crippen LogP contribution is -2.48. The van der Waals surface area contributed by atoms with Crippen LogP contribution < -0.4 is 5.32 Å². The lowest BCUT2D eigenvalue weighted by atomic mass is 9.60. The van der Waals surface area contributed by atoms with E-state index in [1.54, 1.807) is 0 Å². The first-order valence-corrected chi connectivity index (χ1v) is 9.01. The van der Waals surface area contributed by atoms with Crippen LogP contribution in [0.5, 0.6) is 0 Å². The van der Waals surface area contributed by atoms with Gasteiger partial charge >= 0.3 is 5.97 Å². The number of fused-ring (bicyclic) bond motifs is 5. The Balaban J connectivity index is 0.00000182. The van der Waals surface area contributed by atoms with Gasteiger partial charge in [-0.05, 0) is 49.3 Å². The number of methoxy groups -OCH3 is 1. The Morgan fingerprint density at radius 2 is 2.16 bits per heavy atom. The SMILES string of the molecule is CCC12CCCNC1c1c(n(C)c3ccccc13)C(C(=O)OC)C2.Cl. The van der Waals surface area contributed by atoms with Crippen molar-refractivity contribution < 1.29 is 9.53 Å². The zero-order valence-electron chi connectivity index (χ0n) is 15.2. The second-order valence-electron chi connectivity index (χ2n) is 7.36. The highest BCUT2D eigenvalue weighted by Crippen LogP contribution is 2.57. The number of esters is 1. The van der Waals surface area contributed by atoms with Gasteiger partial charge in [0, 0.05) is 29.7 Å². The zero-order chi connectivity index (χ0) is 16.9. The molecule has 4 nitrogen and oxygen atoms in total. The van der Waals surface area contributed by atoms with Crippen LogP contribution >= 0.6 is 12.4 Å². The molecule has 4 rings (SSSR count). The van der Waals surface area contributed by atoms with Crippen LogP contribution in [0, 0.1) is 5.41 Å². The third kappa shape index (κ3) is 2.49. The number of carbonyl (C=O) groups is 1. The average Bonchev–Trinajstić information content (AvgIpc) is 2.94. The molecule has 2 heterocycles. The van der Waals surface area contributed by atoms with Gasteiger partial charge in [-0.1, -0.05) is 25.1 Å². The first-order chi connectivity index (χ1) is 11.6. The molecule has 3 atom stereocenters.